The van der Waals surface area contributed by atoms with Crippen LogP contribution in [0, 0.1) is 0 Å². The van der Waals surface area contributed by atoms with Gasteiger partial charge in [0.15, 0.2) is 0 Å². The van der Waals surface area contributed by atoms with E-state index in [0.29, 0.717) is 16.5 Å². The standard InChI is InChI=1S/C18H15ClN2O2S/c1-2-23-14-9-5-3-7-12(14)11-20-21-18(22)17-16(19)13-8-4-6-10-15(13)24-17/h3-11H,2H2,1H3,(H,21,22)/b20-11-. The first kappa shape index (κ1) is 16.5. The molecular weight excluding hydrogens is 344 g/mol. The van der Waals surface area contributed by atoms with Crippen LogP contribution in [0.2, 0.25) is 5.02 Å². The Morgan fingerprint density at radius 3 is 2.79 bits per heavy atom. The number of thiophene rings is 1. The molecule has 0 saturated carbocycles. The van der Waals surface area contributed by atoms with E-state index in [9.17, 15) is 4.79 Å². The number of nitrogens with one attached hydrogen (secondary N) is 1. The van der Waals surface area contributed by atoms with Crippen LogP contribution in [0.3, 0.4) is 0 Å². The first-order chi connectivity index (χ1) is 11.7. The molecule has 6 heteroatoms. The van der Waals surface area contributed by atoms with Gasteiger partial charge in [-0.05, 0) is 25.1 Å². The van der Waals surface area contributed by atoms with E-state index in [0.717, 1.165) is 21.4 Å². The van der Waals surface area contributed by atoms with E-state index in [1.807, 2.05) is 55.5 Å². The van der Waals surface area contributed by atoms with Gasteiger partial charge < -0.3 is 4.74 Å². The number of hydrogen-bond acceptors (Lipinski definition) is 4. The molecule has 1 aromatic heterocycles. The highest BCUT2D eigenvalue weighted by Gasteiger charge is 2.16. The minimum absolute atomic E-state index is 0.327. The summed E-state index contributed by atoms with van der Waals surface area (Å²) in [6, 6.07) is 15.1. The first-order valence-electron chi connectivity index (χ1n) is 7.43. The zero-order valence-corrected chi connectivity index (χ0v) is 14.5. The normalized spacial score (nSPS) is 11.1. The molecule has 0 spiro atoms. The molecule has 1 heterocycles. The molecule has 0 fully saturated rings. The van der Waals surface area contributed by atoms with Gasteiger partial charge in [-0.2, -0.15) is 5.10 Å². The van der Waals surface area contributed by atoms with Gasteiger partial charge in [0.2, 0.25) is 0 Å². The average molecular weight is 359 g/mol. The van der Waals surface area contributed by atoms with Gasteiger partial charge >= 0.3 is 0 Å². The molecule has 3 rings (SSSR count). The third kappa shape index (κ3) is 3.42. The molecule has 0 aliphatic carbocycles. The highest BCUT2D eigenvalue weighted by Crippen LogP contribution is 2.34. The number of hydrazone groups is 1. The number of amides is 1. The van der Waals surface area contributed by atoms with Gasteiger partial charge in [0.25, 0.3) is 5.91 Å². The smallest absolute Gasteiger partial charge is 0.283 e. The van der Waals surface area contributed by atoms with Gasteiger partial charge in [0, 0.05) is 15.6 Å². The van der Waals surface area contributed by atoms with Crippen LogP contribution in [0.5, 0.6) is 5.75 Å². The van der Waals surface area contributed by atoms with Gasteiger partial charge in [0.05, 0.1) is 17.8 Å². The van der Waals surface area contributed by atoms with Crippen molar-refractivity contribution in [2.45, 2.75) is 6.92 Å². The van der Waals surface area contributed by atoms with Crippen LogP contribution in [-0.4, -0.2) is 18.7 Å². The zero-order valence-electron chi connectivity index (χ0n) is 13.0. The fraction of sp³-hybridized carbons (Fsp3) is 0.111. The number of halogens is 1. The van der Waals surface area contributed by atoms with Crippen molar-refractivity contribution in [3.8, 4) is 5.75 Å². The lowest BCUT2D eigenvalue weighted by atomic mass is 10.2. The highest BCUT2D eigenvalue weighted by molar-refractivity contribution is 7.21. The van der Waals surface area contributed by atoms with Gasteiger partial charge in [-0.3, -0.25) is 4.79 Å². The lowest BCUT2D eigenvalue weighted by Gasteiger charge is -2.05. The van der Waals surface area contributed by atoms with E-state index in [1.54, 1.807) is 6.21 Å². The van der Waals surface area contributed by atoms with E-state index in [-0.39, 0.29) is 5.91 Å². The Morgan fingerprint density at radius 2 is 2.00 bits per heavy atom. The molecule has 1 N–H and O–H groups in total. The van der Waals surface area contributed by atoms with Crippen LogP contribution in [-0.2, 0) is 0 Å². The maximum Gasteiger partial charge on any atom is 0.283 e. The molecule has 0 atom stereocenters. The van der Waals surface area contributed by atoms with Crippen LogP contribution in [0.25, 0.3) is 10.1 Å². The Bertz CT molecular complexity index is 905. The molecule has 0 aliphatic heterocycles. The van der Waals surface area contributed by atoms with E-state index in [2.05, 4.69) is 10.5 Å². The van der Waals surface area contributed by atoms with Crippen molar-refractivity contribution in [3.05, 3.63) is 64.0 Å². The van der Waals surface area contributed by atoms with E-state index in [1.165, 1.54) is 11.3 Å². The summed E-state index contributed by atoms with van der Waals surface area (Å²) in [5.41, 5.74) is 3.31. The Labute approximate surface area is 148 Å². The van der Waals surface area contributed by atoms with E-state index >= 15 is 0 Å². The molecule has 122 valence electrons. The van der Waals surface area contributed by atoms with Crippen molar-refractivity contribution < 1.29 is 9.53 Å². The third-order valence-electron chi connectivity index (χ3n) is 3.33. The number of benzene rings is 2. The predicted molar refractivity (Wildman–Crippen MR) is 99.5 cm³/mol. The van der Waals surface area contributed by atoms with Gasteiger partial charge in [-0.15, -0.1) is 11.3 Å². The summed E-state index contributed by atoms with van der Waals surface area (Å²) in [5, 5.41) is 5.35. The predicted octanol–water partition coefficient (Wildman–Crippen LogP) is 4.72. The van der Waals surface area contributed by atoms with Gasteiger partial charge in [-0.1, -0.05) is 41.9 Å². The number of fused-ring (bicyclic) bond motifs is 1. The maximum atomic E-state index is 12.3. The molecule has 0 aliphatic rings. The van der Waals surface area contributed by atoms with E-state index < -0.39 is 0 Å². The number of para-hydroxylation sites is 1. The van der Waals surface area contributed by atoms with Crippen LogP contribution in [0.1, 0.15) is 22.2 Å². The zero-order chi connectivity index (χ0) is 16.9. The number of nitrogens with zero attached hydrogens (tertiary/aromatic N) is 1. The van der Waals surface area contributed by atoms with Crippen molar-refractivity contribution in [1.29, 1.82) is 0 Å². The second kappa shape index (κ2) is 7.47. The third-order valence-corrected chi connectivity index (χ3v) is 5.00. The molecular formula is C18H15ClN2O2S. The minimum Gasteiger partial charge on any atom is -0.493 e. The van der Waals surface area contributed by atoms with Crippen LogP contribution in [0.15, 0.2) is 53.6 Å². The molecule has 1 amide bonds. The number of ether oxygens (including phenoxy) is 1. The van der Waals surface area contributed by atoms with Crippen molar-refractivity contribution in [3.63, 3.8) is 0 Å². The lowest BCUT2D eigenvalue weighted by molar-refractivity contribution is 0.0959. The number of carbonyl (C=O) groups excluding carboxylic acids is 1. The molecule has 2 aromatic carbocycles. The Balaban J connectivity index is 1.76. The monoisotopic (exact) mass is 358 g/mol. The Morgan fingerprint density at radius 1 is 1.25 bits per heavy atom. The topological polar surface area (TPSA) is 50.7 Å². The summed E-state index contributed by atoms with van der Waals surface area (Å²) < 4.78 is 6.49. The summed E-state index contributed by atoms with van der Waals surface area (Å²) in [5.74, 6) is 0.393. The summed E-state index contributed by atoms with van der Waals surface area (Å²) >= 11 is 7.64. The number of rotatable bonds is 5. The largest absolute Gasteiger partial charge is 0.493 e. The molecule has 3 aromatic rings. The molecule has 0 unspecified atom stereocenters. The summed E-state index contributed by atoms with van der Waals surface area (Å²) in [4.78, 5) is 12.8. The second-order valence-electron chi connectivity index (χ2n) is 4.91. The molecule has 0 radical (unpaired) electrons. The fourth-order valence-corrected chi connectivity index (χ4v) is 3.65. The van der Waals surface area contributed by atoms with Crippen molar-refractivity contribution in [2.75, 3.05) is 6.61 Å². The molecule has 24 heavy (non-hydrogen) atoms. The van der Waals surface area contributed by atoms with Gasteiger partial charge in [0.1, 0.15) is 10.6 Å². The van der Waals surface area contributed by atoms with Crippen LogP contribution in [0.4, 0.5) is 0 Å². The van der Waals surface area contributed by atoms with Crippen LogP contribution >= 0.6 is 22.9 Å². The molecule has 0 bridgehead atoms. The first-order valence-corrected chi connectivity index (χ1v) is 8.62. The molecule has 0 saturated heterocycles. The summed E-state index contributed by atoms with van der Waals surface area (Å²) in [6.07, 6.45) is 1.56. The summed E-state index contributed by atoms with van der Waals surface area (Å²) in [6.45, 7) is 2.48. The van der Waals surface area contributed by atoms with Crippen molar-refractivity contribution in [2.24, 2.45) is 5.10 Å². The SMILES string of the molecule is CCOc1ccccc1/C=N\NC(=O)c1sc2ccccc2c1Cl. The van der Waals surface area contributed by atoms with Crippen molar-refractivity contribution in [1.82, 2.24) is 5.43 Å². The fourth-order valence-electron chi connectivity index (χ4n) is 2.25. The Hall–Kier alpha value is -2.37. The lowest BCUT2D eigenvalue weighted by Crippen LogP contribution is -2.16. The average Bonchev–Trinajstić information content (AvgIpc) is 2.94. The number of hydrogen-bond donors (Lipinski definition) is 1. The highest BCUT2D eigenvalue weighted by atomic mass is 35.5. The van der Waals surface area contributed by atoms with E-state index in [4.69, 9.17) is 16.3 Å². The Kier molecular flexibility index (Phi) is 5.13. The number of carbonyl (C=O) groups is 1. The van der Waals surface area contributed by atoms with Crippen LogP contribution < -0.4 is 10.2 Å². The maximum absolute atomic E-state index is 12.3. The van der Waals surface area contributed by atoms with Gasteiger partial charge in [-0.25, -0.2) is 5.43 Å². The second-order valence-corrected chi connectivity index (χ2v) is 6.34. The summed E-state index contributed by atoms with van der Waals surface area (Å²) in [7, 11) is 0. The quantitative estimate of drug-likeness (QED) is 0.530. The molecule has 4 nitrogen and oxygen atoms in total. The minimum atomic E-state index is -0.327. The van der Waals surface area contributed by atoms with Crippen molar-refractivity contribution >= 4 is 45.1 Å².